The number of pyridine rings is 1. The zero-order chi connectivity index (χ0) is 34.3. The fourth-order valence-electron chi connectivity index (χ4n) is 8.74. The van der Waals surface area contributed by atoms with Crippen LogP contribution in [0.3, 0.4) is 0 Å². The lowest BCUT2D eigenvalue weighted by Crippen LogP contribution is -2.38. The molecule has 4 atom stereocenters. The van der Waals surface area contributed by atoms with Crippen molar-refractivity contribution < 1.29 is 14.0 Å². The fraction of sp³-hybridized carbons (Fsp3) is 0.615. The molecule has 3 aromatic rings. The molecule has 3 fully saturated rings. The summed E-state index contributed by atoms with van der Waals surface area (Å²) in [6.45, 7) is 20.0. The maximum Gasteiger partial charge on any atom is 0.256 e. The van der Waals surface area contributed by atoms with Gasteiger partial charge in [-0.2, -0.15) is 0 Å². The third kappa shape index (κ3) is 7.04. The molecule has 0 bridgehead atoms. The van der Waals surface area contributed by atoms with Crippen molar-refractivity contribution in [2.45, 2.75) is 79.3 Å². The summed E-state index contributed by atoms with van der Waals surface area (Å²) in [5.74, 6) is 2.05. The number of aryl methyl sites for hydroxylation is 1. The van der Waals surface area contributed by atoms with Crippen molar-refractivity contribution >= 4 is 22.7 Å². The summed E-state index contributed by atoms with van der Waals surface area (Å²) in [7, 11) is 1.77. The largest absolute Gasteiger partial charge is 0.342 e. The van der Waals surface area contributed by atoms with Crippen LogP contribution < -0.4 is 0 Å². The minimum atomic E-state index is -0.417. The number of halogens is 1. The number of carbonyl (C=O) groups is 2. The highest BCUT2D eigenvalue weighted by Gasteiger charge is 2.40. The summed E-state index contributed by atoms with van der Waals surface area (Å²) in [6, 6.07) is 5.10. The molecular formula is C39H55FN6O2. The molecule has 0 aliphatic carbocycles. The number of amides is 2. The van der Waals surface area contributed by atoms with E-state index in [-0.39, 0.29) is 17.9 Å². The Morgan fingerprint density at radius 1 is 1.04 bits per heavy atom. The van der Waals surface area contributed by atoms with Crippen molar-refractivity contribution in [2.75, 3.05) is 52.9 Å². The van der Waals surface area contributed by atoms with Gasteiger partial charge >= 0.3 is 0 Å². The molecule has 5 heterocycles. The maximum absolute atomic E-state index is 14.5. The van der Waals surface area contributed by atoms with Crippen LogP contribution in [0, 0.1) is 36.4 Å². The molecule has 48 heavy (non-hydrogen) atoms. The Morgan fingerprint density at radius 2 is 1.77 bits per heavy atom. The van der Waals surface area contributed by atoms with Crippen LogP contribution in [0.1, 0.15) is 75.4 Å². The van der Waals surface area contributed by atoms with Crippen LogP contribution >= 0.6 is 0 Å². The number of fused-ring (bicyclic) bond motifs is 2. The van der Waals surface area contributed by atoms with E-state index >= 15 is 0 Å². The van der Waals surface area contributed by atoms with Gasteiger partial charge in [0.25, 0.3) is 5.91 Å². The first-order valence-electron chi connectivity index (χ1n) is 18.1. The Bertz CT molecular complexity index is 1620. The molecule has 3 aliphatic rings. The topological polar surface area (TPSA) is 64.9 Å². The zero-order valence-corrected chi connectivity index (χ0v) is 30.1. The lowest BCUT2D eigenvalue weighted by atomic mass is 9.96. The first kappa shape index (κ1) is 34.6. The number of aromatic nitrogens is 2. The van der Waals surface area contributed by atoms with E-state index in [0.717, 1.165) is 63.3 Å². The van der Waals surface area contributed by atoms with Gasteiger partial charge in [-0.1, -0.05) is 13.8 Å². The molecule has 2 unspecified atom stereocenters. The molecule has 2 aromatic heterocycles. The van der Waals surface area contributed by atoms with Gasteiger partial charge in [-0.3, -0.25) is 19.5 Å². The average Bonchev–Trinajstić information content (AvgIpc) is 3.82. The monoisotopic (exact) mass is 658 g/mol. The van der Waals surface area contributed by atoms with Crippen molar-refractivity contribution in [3.63, 3.8) is 0 Å². The van der Waals surface area contributed by atoms with E-state index in [4.69, 9.17) is 0 Å². The predicted octanol–water partition coefficient (Wildman–Crippen LogP) is 6.03. The van der Waals surface area contributed by atoms with Crippen LogP contribution in [-0.2, 0) is 11.2 Å². The van der Waals surface area contributed by atoms with Crippen LogP contribution in [-0.4, -0.2) is 106 Å². The summed E-state index contributed by atoms with van der Waals surface area (Å²) in [5.41, 5.74) is 4.38. The standard InChI is InChI=1S/C39H55FN6O2/c1-25(2)35(9-8-13-43-20-31-22-45(28(6)47)23-32(31)21-43)44-14-12-29(19-44)15-30-24-46(37-18-41-17-27(5)38(30)37)36-11-10-33(40)16-34(36)39(48)42(7)26(3)4/h10-11,16-18,24-26,29,31-32,35H,8-9,12-15,19-23H2,1-7H3/t29-,31-,32?,35?/m0/s1. The predicted molar refractivity (Wildman–Crippen MR) is 190 cm³/mol. The lowest BCUT2D eigenvalue weighted by molar-refractivity contribution is -0.128. The maximum atomic E-state index is 14.5. The summed E-state index contributed by atoms with van der Waals surface area (Å²) < 4.78 is 16.6. The first-order valence-corrected chi connectivity index (χ1v) is 18.1. The summed E-state index contributed by atoms with van der Waals surface area (Å²) in [5, 5.41) is 1.19. The van der Waals surface area contributed by atoms with Crippen molar-refractivity contribution in [2.24, 2.45) is 23.7 Å². The van der Waals surface area contributed by atoms with Gasteiger partial charge in [0.05, 0.1) is 23.0 Å². The highest BCUT2D eigenvalue weighted by molar-refractivity contribution is 5.99. The molecule has 260 valence electrons. The van der Waals surface area contributed by atoms with Crippen LogP contribution in [0.5, 0.6) is 0 Å². The zero-order valence-electron chi connectivity index (χ0n) is 30.1. The van der Waals surface area contributed by atoms with Gasteiger partial charge in [0.15, 0.2) is 0 Å². The number of hydrogen-bond acceptors (Lipinski definition) is 5. The quantitative estimate of drug-likeness (QED) is 0.252. The Hall–Kier alpha value is -3.30. The minimum Gasteiger partial charge on any atom is -0.342 e. The number of benzene rings is 1. The van der Waals surface area contributed by atoms with Gasteiger partial charge in [-0.15, -0.1) is 0 Å². The van der Waals surface area contributed by atoms with Gasteiger partial charge in [0, 0.05) is 76.6 Å². The van der Waals surface area contributed by atoms with Crippen LogP contribution in [0.4, 0.5) is 4.39 Å². The van der Waals surface area contributed by atoms with Crippen LogP contribution in [0.2, 0.25) is 0 Å². The van der Waals surface area contributed by atoms with E-state index in [2.05, 4.69) is 46.3 Å². The lowest BCUT2D eigenvalue weighted by Gasteiger charge is -2.32. The number of likely N-dealkylation sites (tertiary alicyclic amines) is 3. The minimum absolute atomic E-state index is 0.00511. The molecule has 6 rings (SSSR count). The smallest absolute Gasteiger partial charge is 0.256 e. The normalized spacial score (nSPS) is 22.4. The number of carbonyl (C=O) groups excluding carboxylic acids is 2. The van der Waals surface area contributed by atoms with Crippen molar-refractivity contribution in [1.29, 1.82) is 0 Å². The second kappa shape index (κ2) is 14.3. The van der Waals surface area contributed by atoms with E-state index in [0.29, 0.717) is 41.0 Å². The van der Waals surface area contributed by atoms with E-state index in [9.17, 15) is 14.0 Å². The van der Waals surface area contributed by atoms with Gasteiger partial charge < -0.3 is 19.3 Å². The highest BCUT2D eigenvalue weighted by atomic mass is 19.1. The third-order valence-corrected chi connectivity index (χ3v) is 11.6. The molecule has 0 radical (unpaired) electrons. The molecule has 2 amide bonds. The third-order valence-electron chi connectivity index (χ3n) is 11.6. The molecule has 0 saturated carbocycles. The van der Waals surface area contributed by atoms with Gasteiger partial charge in [0.1, 0.15) is 5.82 Å². The van der Waals surface area contributed by atoms with Gasteiger partial charge in [0.2, 0.25) is 5.91 Å². The van der Waals surface area contributed by atoms with E-state index in [1.165, 1.54) is 42.3 Å². The fourth-order valence-corrected chi connectivity index (χ4v) is 8.74. The van der Waals surface area contributed by atoms with Crippen LogP contribution in [0.15, 0.2) is 36.8 Å². The first-order chi connectivity index (χ1) is 22.9. The van der Waals surface area contributed by atoms with E-state index in [1.807, 2.05) is 31.1 Å². The molecule has 1 aromatic carbocycles. The second-order valence-electron chi connectivity index (χ2n) is 15.6. The number of hydrogen-bond donors (Lipinski definition) is 0. The summed E-state index contributed by atoms with van der Waals surface area (Å²) >= 11 is 0. The molecule has 8 nitrogen and oxygen atoms in total. The van der Waals surface area contributed by atoms with Crippen molar-refractivity contribution in [1.82, 2.24) is 29.2 Å². The average molecular weight is 659 g/mol. The van der Waals surface area contributed by atoms with Gasteiger partial charge in [-0.05, 0) is 113 Å². The molecular weight excluding hydrogens is 603 g/mol. The molecule has 3 saturated heterocycles. The Kier molecular flexibility index (Phi) is 10.3. The molecule has 9 heteroatoms. The molecule has 3 aliphatic heterocycles. The number of rotatable bonds is 11. The van der Waals surface area contributed by atoms with Crippen LogP contribution in [0.25, 0.3) is 16.6 Å². The second-order valence-corrected chi connectivity index (χ2v) is 15.6. The molecule has 0 spiro atoms. The van der Waals surface area contributed by atoms with E-state index < -0.39 is 5.82 Å². The Labute approximate surface area is 286 Å². The highest BCUT2D eigenvalue weighted by Crippen LogP contribution is 2.35. The summed E-state index contributed by atoms with van der Waals surface area (Å²) in [6.07, 6.45) is 10.5. The molecule has 0 N–H and O–H groups in total. The van der Waals surface area contributed by atoms with Crippen molar-refractivity contribution in [3.05, 3.63) is 59.3 Å². The van der Waals surface area contributed by atoms with E-state index in [1.54, 1.807) is 24.9 Å². The van der Waals surface area contributed by atoms with Crippen molar-refractivity contribution in [3.8, 4) is 5.69 Å². The Morgan fingerprint density at radius 3 is 2.44 bits per heavy atom. The Balaban J connectivity index is 1.14. The summed E-state index contributed by atoms with van der Waals surface area (Å²) in [4.78, 5) is 38.9. The number of nitrogens with zero attached hydrogens (tertiary/aromatic N) is 6. The SMILES string of the molecule is CC(=O)N1CC2CN(CCCC(C(C)C)N3CC[C@@H](Cc4cn(-c5ccc(F)cc5C(=O)N(C)C(C)C)c5cncc(C)c45)C3)C[C@H]2C1. The van der Waals surface area contributed by atoms with Gasteiger partial charge in [-0.25, -0.2) is 4.39 Å².